The van der Waals surface area contributed by atoms with Crippen LogP contribution in [0.4, 0.5) is 0 Å². The third kappa shape index (κ3) is 15.5. The number of benzene rings is 3. The molecular weight excluding hydrogens is 736 g/mol. The number of carbonyl (C=O) groups is 3. The highest BCUT2D eigenvalue weighted by Crippen LogP contribution is 2.38. The van der Waals surface area contributed by atoms with Crippen LogP contribution in [0.3, 0.4) is 0 Å². The molecule has 1 aliphatic carbocycles. The Morgan fingerprint density at radius 3 is 2.40 bits per heavy atom. The van der Waals surface area contributed by atoms with Crippen molar-refractivity contribution < 1.29 is 59.2 Å². The fourth-order valence-electron chi connectivity index (χ4n) is 6.75. The summed E-state index contributed by atoms with van der Waals surface area (Å²) in [6.07, 6.45) is 9.85. The summed E-state index contributed by atoms with van der Waals surface area (Å²) in [7, 11) is 1.40. The maximum absolute atomic E-state index is 12.8. The van der Waals surface area contributed by atoms with Crippen LogP contribution in [-0.4, -0.2) is 80.4 Å². The average Bonchev–Trinajstić information content (AvgIpc) is 3.47. The van der Waals surface area contributed by atoms with E-state index in [0.717, 1.165) is 6.42 Å². The molecule has 4 rings (SSSR count). The molecule has 1 fully saturated rings. The summed E-state index contributed by atoms with van der Waals surface area (Å²) in [6.45, 7) is 1.36. The lowest BCUT2D eigenvalue weighted by atomic mass is 9.85. The van der Waals surface area contributed by atoms with Gasteiger partial charge in [-0.15, -0.1) is 0 Å². The smallest absolute Gasteiger partial charge is 0.336 e. The first-order chi connectivity index (χ1) is 27.4. The monoisotopic (exact) mass is 790 g/mol. The molecule has 0 radical (unpaired) electrons. The SMILES string of the molecule is COc1cc(/C=C/C(=O)Oc2cccc(CON(O)O)c2)ccc1OC(=O)C(C)NC(=O)CCC/C=C\C[C@@H]1[C@@H](CC[C@@H](O)CCc2ccccc2)[C@H](O)C[C@@H]1O. The van der Waals surface area contributed by atoms with Crippen molar-refractivity contribution in [2.75, 3.05) is 7.11 Å². The van der Waals surface area contributed by atoms with Crippen LogP contribution >= 0.6 is 0 Å². The van der Waals surface area contributed by atoms with Crippen molar-refractivity contribution >= 4 is 23.9 Å². The highest BCUT2D eigenvalue weighted by Gasteiger charge is 2.40. The Hall–Kier alpha value is -4.93. The molecule has 1 saturated carbocycles. The van der Waals surface area contributed by atoms with Crippen LogP contribution in [0.25, 0.3) is 6.08 Å². The van der Waals surface area contributed by atoms with Crippen LogP contribution in [-0.2, 0) is 32.2 Å². The number of aliphatic hydroxyl groups is 3. The van der Waals surface area contributed by atoms with Gasteiger partial charge >= 0.3 is 11.9 Å². The summed E-state index contributed by atoms with van der Waals surface area (Å²) in [5.74, 6) is -1.31. The Kier molecular flexibility index (Phi) is 18.3. The Balaban J connectivity index is 1.15. The van der Waals surface area contributed by atoms with Crippen molar-refractivity contribution in [2.45, 2.75) is 95.7 Å². The normalized spacial score (nSPS) is 19.2. The molecule has 0 aromatic heterocycles. The van der Waals surface area contributed by atoms with Gasteiger partial charge in [-0.05, 0) is 117 Å². The first kappa shape index (κ1) is 44.8. The Bertz CT molecular complexity index is 1780. The van der Waals surface area contributed by atoms with Crippen LogP contribution in [0.5, 0.6) is 17.2 Å². The molecule has 0 aliphatic heterocycles. The molecule has 0 heterocycles. The molecule has 14 heteroatoms. The lowest BCUT2D eigenvalue weighted by molar-refractivity contribution is -0.497. The number of aryl methyl sites for hydroxylation is 1. The highest BCUT2D eigenvalue weighted by molar-refractivity contribution is 5.89. The van der Waals surface area contributed by atoms with E-state index in [-0.39, 0.29) is 48.0 Å². The number of amides is 1. The summed E-state index contributed by atoms with van der Waals surface area (Å²) in [6, 6.07) is 20.1. The zero-order valence-electron chi connectivity index (χ0n) is 32.3. The van der Waals surface area contributed by atoms with Crippen molar-refractivity contribution in [1.29, 1.82) is 0 Å². The minimum absolute atomic E-state index is 0.0956. The maximum atomic E-state index is 12.8. The number of methoxy groups -OCH3 is 1. The second-order valence-electron chi connectivity index (χ2n) is 14.1. The number of rotatable bonds is 22. The topological polar surface area (TPSA) is 205 Å². The molecule has 3 aromatic carbocycles. The van der Waals surface area contributed by atoms with Crippen molar-refractivity contribution in [3.8, 4) is 17.2 Å². The van der Waals surface area contributed by atoms with Crippen molar-refractivity contribution in [3.05, 3.63) is 108 Å². The molecule has 0 saturated heterocycles. The van der Waals surface area contributed by atoms with E-state index in [0.29, 0.717) is 56.1 Å². The quantitative estimate of drug-likeness (QED) is 0.0187. The maximum Gasteiger partial charge on any atom is 0.336 e. The van der Waals surface area contributed by atoms with E-state index in [1.807, 2.05) is 42.5 Å². The predicted molar refractivity (Wildman–Crippen MR) is 209 cm³/mol. The van der Waals surface area contributed by atoms with Gasteiger partial charge in [0.15, 0.2) is 11.5 Å². The van der Waals surface area contributed by atoms with E-state index in [1.165, 1.54) is 43.9 Å². The fraction of sp³-hybridized carbons (Fsp3) is 0.419. The summed E-state index contributed by atoms with van der Waals surface area (Å²) in [4.78, 5) is 42.3. The number of allylic oxidation sites excluding steroid dienone is 2. The van der Waals surface area contributed by atoms with Crippen LogP contribution in [0.2, 0.25) is 0 Å². The van der Waals surface area contributed by atoms with Gasteiger partial charge in [0, 0.05) is 12.5 Å². The molecule has 6 N–H and O–H groups in total. The number of nitrogens with zero attached hydrogens (tertiary/aromatic N) is 1. The molecule has 3 aromatic rings. The Labute approximate surface area is 332 Å². The number of ether oxygens (including phenoxy) is 3. The second-order valence-corrected chi connectivity index (χ2v) is 14.1. The van der Waals surface area contributed by atoms with Gasteiger partial charge in [0.1, 0.15) is 11.8 Å². The Morgan fingerprint density at radius 1 is 0.895 bits per heavy atom. The highest BCUT2D eigenvalue weighted by atomic mass is 17.1. The van der Waals surface area contributed by atoms with Gasteiger partial charge in [0.25, 0.3) is 0 Å². The minimum atomic E-state index is -0.938. The molecule has 1 unspecified atom stereocenters. The molecule has 1 amide bonds. The molecule has 6 atom stereocenters. The molecule has 0 spiro atoms. The van der Waals surface area contributed by atoms with Gasteiger partial charge in [-0.1, -0.05) is 60.7 Å². The van der Waals surface area contributed by atoms with Crippen molar-refractivity contribution in [2.24, 2.45) is 11.8 Å². The number of carbonyl (C=O) groups excluding carboxylic acids is 3. The van der Waals surface area contributed by atoms with E-state index >= 15 is 0 Å². The van der Waals surface area contributed by atoms with Crippen LogP contribution in [0, 0.1) is 11.8 Å². The summed E-state index contributed by atoms with van der Waals surface area (Å²) < 4.78 is 16.2. The molecule has 1 aliphatic rings. The number of aliphatic hydroxyl groups excluding tert-OH is 3. The van der Waals surface area contributed by atoms with Gasteiger partial charge in [-0.2, -0.15) is 0 Å². The summed E-state index contributed by atoms with van der Waals surface area (Å²) in [5.41, 5.74) is 2.25. The third-order valence-electron chi connectivity index (χ3n) is 9.82. The lowest BCUT2D eigenvalue weighted by Gasteiger charge is -2.23. The van der Waals surface area contributed by atoms with Gasteiger partial charge in [0.05, 0.1) is 37.4 Å². The van der Waals surface area contributed by atoms with Gasteiger partial charge in [-0.25, -0.2) is 14.4 Å². The van der Waals surface area contributed by atoms with E-state index in [4.69, 9.17) is 24.6 Å². The number of hydrogen-bond acceptors (Lipinski definition) is 13. The van der Waals surface area contributed by atoms with E-state index in [1.54, 1.807) is 30.3 Å². The summed E-state index contributed by atoms with van der Waals surface area (Å²) >= 11 is 0. The standard InChI is InChI=1S/C43H54N2O12/c1-29(43(51)57-39-23-18-31(26-40(39)54-2)19-24-42(50)56-34-14-10-13-32(25-34)28-55-45(52)53)44-41(49)16-9-4-3-8-15-35-36(38(48)27-37(35)47)22-21-33(46)20-17-30-11-6-5-7-12-30/h3,5-8,10-14,18-19,23-26,29,33,35-38,46-48,52-53H,4,9,15-17,20-22,27-28H2,1-2H3,(H,44,49)/b8-3-,24-19+/t29?,33-,35+,36+,37-,38+/m0/s1. The van der Waals surface area contributed by atoms with Crippen LogP contribution in [0.1, 0.15) is 75.0 Å². The molecule has 0 bridgehead atoms. The van der Waals surface area contributed by atoms with E-state index in [2.05, 4.69) is 10.2 Å². The predicted octanol–water partition coefficient (Wildman–Crippen LogP) is 5.48. The van der Waals surface area contributed by atoms with Crippen molar-refractivity contribution in [3.63, 3.8) is 0 Å². The van der Waals surface area contributed by atoms with Gasteiger partial charge < -0.3 is 34.8 Å². The third-order valence-corrected chi connectivity index (χ3v) is 9.82. The molecule has 14 nitrogen and oxygen atoms in total. The zero-order valence-corrected chi connectivity index (χ0v) is 32.3. The lowest BCUT2D eigenvalue weighted by Crippen LogP contribution is -2.40. The first-order valence-corrected chi connectivity index (χ1v) is 19.1. The van der Waals surface area contributed by atoms with Gasteiger partial charge in [0.2, 0.25) is 5.91 Å². The number of unbranched alkanes of at least 4 members (excludes halogenated alkanes) is 1. The number of nitrogens with one attached hydrogen (secondary N) is 1. The molecule has 308 valence electrons. The van der Waals surface area contributed by atoms with Crippen molar-refractivity contribution in [1.82, 2.24) is 10.7 Å². The Morgan fingerprint density at radius 2 is 1.65 bits per heavy atom. The fourth-order valence-corrected chi connectivity index (χ4v) is 6.75. The largest absolute Gasteiger partial charge is 0.493 e. The van der Waals surface area contributed by atoms with Crippen LogP contribution < -0.4 is 19.5 Å². The second kappa shape index (κ2) is 23.3. The van der Waals surface area contributed by atoms with Gasteiger partial charge in [-0.3, -0.25) is 15.2 Å². The van der Waals surface area contributed by atoms with Crippen LogP contribution in [0.15, 0.2) is 91.0 Å². The zero-order chi connectivity index (χ0) is 41.2. The molecule has 57 heavy (non-hydrogen) atoms. The number of hydrogen-bond donors (Lipinski definition) is 6. The first-order valence-electron chi connectivity index (χ1n) is 19.1. The minimum Gasteiger partial charge on any atom is -0.493 e. The summed E-state index contributed by atoms with van der Waals surface area (Å²) in [5, 5.41) is 51.4. The van der Waals surface area contributed by atoms with E-state index in [9.17, 15) is 29.7 Å². The number of esters is 2. The molecular formula is C43H54N2O12. The average molecular weight is 791 g/mol. The van der Waals surface area contributed by atoms with E-state index < -0.39 is 41.7 Å².